The van der Waals surface area contributed by atoms with Crippen LogP contribution in [0.2, 0.25) is 0 Å². The largest absolute Gasteiger partial charge is 0.497 e. The smallest absolute Gasteiger partial charge is 0.273 e. The molecule has 0 spiro atoms. The minimum atomic E-state index is -0.226. The fourth-order valence-electron chi connectivity index (χ4n) is 2.53. The highest BCUT2D eigenvalue weighted by Gasteiger charge is 2.18. The van der Waals surface area contributed by atoms with Crippen molar-refractivity contribution in [2.75, 3.05) is 20.8 Å². The first-order chi connectivity index (χ1) is 12.5. The Bertz CT molecular complexity index is 727. The fourth-order valence-corrected chi connectivity index (χ4v) is 2.53. The predicted octanol–water partition coefficient (Wildman–Crippen LogP) is 2.85. The van der Waals surface area contributed by atoms with E-state index in [1.807, 2.05) is 25.1 Å². The number of amides is 1. The summed E-state index contributed by atoms with van der Waals surface area (Å²) in [5, 5.41) is 2.71. The molecule has 0 fully saturated rings. The summed E-state index contributed by atoms with van der Waals surface area (Å²) >= 11 is 0. The Hall–Kier alpha value is -2.54. The molecule has 0 radical (unpaired) electrons. The Morgan fingerprint density at radius 2 is 2.04 bits per heavy atom. The molecule has 7 nitrogen and oxygen atoms in total. The normalized spacial score (nSPS) is 11.0. The van der Waals surface area contributed by atoms with Gasteiger partial charge in [-0.15, -0.1) is 0 Å². The van der Waals surface area contributed by atoms with E-state index in [1.54, 1.807) is 14.2 Å². The Morgan fingerprint density at radius 3 is 2.65 bits per heavy atom. The predicted molar refractivity (Wildman–Crippen MR) is 98.4 cm³/mol. The summed E-state index contributed by atoms with van der Waals surface area (Å²) in [4.78, 5) is 18.3. The van der Waals surface area contributed by atoms with Gasteiger partial charge >= 0.3 is 0 Å². The van der Waals surface area contributed by atoms with Crippen molar-refractivity contribution < 1.29 is 18.7 Å². The number of methoxy groups -OCH3 is 2. The molecule has 2 aromatic rings. The van der Waals surface area contributed by atoms with Gasteiger partial charge in [0.25, 0.3) is 5.91 Å². The number of carbonyl (C=O) groups is 1. The molecular weight excluding hydrogens is 334 g/mol. The molecule has 1 N–H and O–H groups in total. The number of ether oxygens (including phenoxy) is 2. The molecule has 26 heavy (non-hydrogen) atoms. The third-order valence-electron chi connectivity index (χ3n) is 4.06. The van der Waals surface area contributed by atoms with Gasteiger partial charge in [-0.3, -0.25) is 9.69 Å². The number of carbonyl (C=O) groups excluding carboxylic acids is 1. The molecule has 1 heterocycles. The number of hydrogen-bond acceptors (Lipinski definition) is 6. The number of nitrogens with zero attached hydrogens (tertiary/aromatic N) is 2. The van der Waals surface area contributed by atoms with E-state index in [2.05, 4.69) is 29.0 Å². The lowest BCUT2D eigenvalue weighted by atomic mass is 10.1. The van der Waals surface area contributed by atoms with Crippen LogP contribution >= 0.6 is 0 Å². The molecule has 0 aliphatic carbocycles. The van der Waals surface area contributed by atoms with E-state index < -0.39 is 0 Å². The van der Waals surface area contributed by atoms with Gasteiger partial charge in [-0.25, -0.2) is 4.98 Å². The number of aromatic nitrogens is 1. The maximum absolute atomic E-state index is 11.8. The first-order valence-electron chi connectivity index (χ1n) is 8.66. The van der Waals surface area contributed by atoms with Crippen LogP contribution in [0, 0.1) is 0 Å². The summed E-state index contributed by atoms with van der Waals surface area (Å²) in [5.74, 6) is 1.80. The van der Waals surface area contributed by atoms with Gasteiger partial charge in [-0.2, -0.15) is 0 Å². The second kappa shape index (κ2) is 9.24. The Kier molecular flexibility index (Phi) is 7.03. The number of nitrogens with one attached hydrogen (secondary N) is 1. The third kappa shape index (κ3) is 4.98. The minimum absolute atomic E-state index is 0.226. The zero-order chi connectivity index (χ0) is 19.1. The minimum Gasteiger partial charge on any atom is -0.497 e. The van der Waals surface area contributed by atoms with Crippen molar-refractivity contribution in [3.8, 4) is 11.5 Å². The molecule has 0 bridgehead atoms. The highest BCUT2D eigenvalue weighted by Crippen LogP contribution is 2.26. The molecule has 0 unspecified atom stereocenters. The van der Waals surface area contributed by atoms with E-state index in [9.17, 15) is 4.79 Å². The van der Waals surface area contributed by atoms with E-state index in [1.165, 1.54) is 6.26 Å². The lowest BCUT2D eigenvalue weighted by molar-refractivity contribution is 0.0950. The first kappa shape index (κ1) is 19.8. The fraction of sp³-hybridized carbons (Fsp3) is 0.474. The van der Waals surface area contributed by atoms with Gasteiger partial charge < -0.3 is 19.2 Å². The van der Waals surface area contributed by atoms with E-state index in [-0.39, 0.29) is 11.9 Å². The molecule has 0 aliphatic heterocycles. The number of oxazole rings is 1. The SMILES string of the molecule is CCNC(=O)c1coc(CN(Cc2ccc(OC)cc2OC)C(C)C)n1. The molecule has 0 saturated heterocycles. The highest BCUT2D eigenvalue weighted by atomic mass is 16.5. The molecule has 142 valence electrons. The summed E-state index contributed by atoms with van der Waals surface area (Å²) in [6.45, 7) is 7.77. The van der Waals surface area contributed by atoms with E-state index in [0.29, 0.717) is 31.2 Å². The van der Waals surface area contributed by atoms with Crippen LogP contribution in [-0.4, -0.2) is 42.6 Å². The Balaban J connectivity index is 2.14. The summed E-state index contributed by atoms with van der Waals surface area (Å²) in [5.41, 5.74) is 1.34. The van der Waals surface area contributed by atoms with Crippen LogP contribution < -0.4 is 14.8 Å². The Morgan fingerprint density at radius 1 is 1.27 bits per heavy atom. The van der Waals surface area contributed by atoms with Crippen molar-refractivity contribution in [3.05, 3.63) is 41.6 Å². The molecular formula is C19H27N3O4. The van der Waals surface area contributed by atoms with Crippen LogP contribution in [0.4, 0.5) is 0 Å². The van der Waals surface area contributed by atoms with Gasteiger partial charge in [0.15, 0.2) is 5.69 Å². The summed E-state index contributed by atoms with van der Waals surface area (Å²) < 4.78 is 16.2. The molecule has 2 rings (SSSR count). The second-order valence-corrected chi connectivity index (χ2v) is 6.16. The molecule has 7 heteroatoms. The van der Waals surface area contributed by atoms with Gasteiger partial charge in [0.1, 0.15) is 17.8 Å². The average Bonchev–Trinajstić information content (AvgIpc) is 3.10. The van der Waals surface area contributed by atoms with Crippen LogP contribution in [0.25, 0.3) is 0 Å². The molecule has 1 amide bonds. The van der Waals surface area contributed by atoms with E-state index >= 15 is 0 Å². The van der Waals surface area contributed by atoms with Crippen molar-refractivity contribution in [3.63, 3.8) is 0 Å². The van der Waals surface area contributed by atoms with Gasteiger partial charge in [0, 0.05) is 30.8 Å². The van der Waals surface area contributed by atoms with Gasteiger partial charge in [0.05, 0.1) is 20.8 Å². The summed E-state index contributed by atoms with van der Waals surface area (Å²) in [6, 6.07) is 6.02. The van der Waals surface area contributed by atoms with Crippen molar-refractivity contribution >= 4 is 5.91 Å². The van der Waals surface area contributed by atoms with Crippen LogP contribution in [0.15, 0.2) is 28.9 Å². The molecule has 1 aromatic heterocycles. The Labute approximate surface area is 154 Å². The zero-order valence-electron chi connectivity index (χ0n) is 16.0. The third-order valence-corrected chi connectivity index (χ3v) is 4.06. The molecule has 0 saturated carbocycles. The maximum atomic E-state index is 11.8. The first-order valence-corrected chi connectivity index (χ1v) is 8.66. The van der Waals surface area contributed by atoms with Gasteiger partial charge in [0.2, 0.25) is 5.89 Å². The zero-order valence-corrected chi connectivity index (χ0v) is 16.0. The quantitative estimate of drug-likeness (QED) is 0.740. The lowest BCUT2D eigenvalue weighted by Gasteiger charge is -2.26. The van der Waals surface area contributed by atoms with Crippen molar-refractivity contribution in [1.82, 2.24) is 15.2 Å². The second-order valence-electron chi connectivity index (χ2n) is 6.16. The van der Waals surface area contributed by atoms with Gasteiger partial charge in [-0.05, 0) is 26.8 Å². The number of rotatable bonds is 9. The van der Waals surface area contributed by atoms with Gasteiger partial charge in [-0.1, -0.05) is 6.07 Å². The number of hydrogen-bond donors (Lipinski definition) is 1. The summed E-state index contributed by atoms with van der Waals surface area (Å²) in [7, 11) is 3.27. The van der Waals surface area contributed by atoms with E-state index in [0.717, 1.165) is 17.1 Å². The van der Waals surface area contributed by atoms with Crippen LogP contribution in [0.5, 0.6) is 11.5 Å². The number of benzene rings is 1. The molecule has 0 atom stereocenters. The van der Waals surface area contributed by atoms with E-state index in [4.69, 9.17) is 13.9 Å². The van der Waals surface area contributed by atoms with Crippen molar-refractivity contribution in [2.24, 2.45) is 0 Å². The summed E-state index contributed by atoms with van der Waals surface area (Å²) in [6.07, 6.45) is 1.40. The molecule has 1 aromatic carbocycles. The van der Waals surface area contributed by atoms with Crippen LogP contribution in [0.3, 0.4) is 0 Å². The lowest BCUT2D eigenvalue weighted by Crippen LogP contribution is -2.30. The van der Waals surface area contributed by atoms with Crippen LogP contribution in [-0.2, 0) is 13.1 Å². The van der Waals surface area contributed by atoms with Crippen molar-refractivity contribution in [2.45, 2.75) is 39.9 Å². The maximum Gasteiger partial charge on any atom is 0.273 e. The standard InChI is InChI=1S/C19H27N3O4/c1-6-20-19(23)16-12-26-18(21-16)11-22(13(2)3)10-14-7-8-15(24-4)9-17(14)25-5/h7-9,12-13H,6,10-11H2,1-5H3,(H,20,23). The topological polar surface area (TPSA) is 76.8 Å². The highest BCUT2D eigenvalue weighted by molar-refractivity contribution is 5.91. The average molecular weight is 361 g/mol. The van der Waals surface area contributed by atoms with Crippen LogP contribution in [0.1, 0.15) is 42.7 Å². The van der Waals surface area contributed by atoms with Crippen molar-refractivity contribution in [1.29, 1.82) is 0 Å². The molecule has 0 aliphatic rings. The monoisotopic (exact) mass is 361 g/mol.